The summed E-state index contributed by atoms with van der Waals surface area (Å²) in [6.45, 7) is 1.79. The Morgan fingerprint density at radius 3 is 2.10 bits per heavy atom. The average Bonchev–Trinajstić information content (AvgIpc) is 3.34. The first-order chi connectivity index (χ1) is 19.7. The van der Waals surface area contributed by atoms with Crippen molar-refractivity contribution < 1.29 is 32.5 Å². The Morgan fingerprint density at radius 2 is 1.37 bits per heavy atom. The van der Waals surface area contributed by atoms with Gasteiger partial charge in [0.1, 0.15) is 16.2 Å². The van der Waals surface area contributed by atoms with Crippen LogP contribution in [0.3, 0.4) is 0 Å². The minimum atomic E-state index is -4.45. The van der Waals surface area contributed by atoms with E-state index >= 15 is 0 Å². The Hall–Kier alpha value is -5.28. The Morgan fingerprint density at radius 1 is 0.732 bits per heavy atom. The predicted molar refractivity (Wildman–Crippen MR) is 154 cm³/mol. The van der Waals surface area contributed by atoms with E-state index in [1.165, 1.54) is 12.1 Å². The molecule has 0 saturated heterocycles. The molecule has 0 bridgehead atoms. The fourth-order valence-corrected chi connectivity index (χ4v) is 5.97. The maximum Gasteiger partial charge on any atom is 0.358 e. The maximum absolute atomic E-state index is 13.0. The second kappa shape index (κ2) is 9.72. The summed E-state index contributed by atoms with van der Waals surface area (Å²) < 4.78 is 31.0. The minimum absolute atomic E-state index is 0.182. The molecule has 0 amide bonds. The lowest BCUT2D eigenvalue weighted by Crippen LogP contribution is -2.26. The van der Waals surface area contributed by atoms with Gasteiger partial charge in [0.2, 0.25) is 0 Å². The smallest absolute Gasteiger partial charge is 0.358 e. The van der Waals surface area contributed by atoms with Crippen LogP contribution in [-0.2, 0) is 24.0 Å². The number of carboxylic acids is 2. The topological polar surface area (TPSA) is 130 Å². The van der Waals surface area contributed by atoms with Gasteiger partial charge in [0.25, 0.3) is 0 Å². The van der Waals surface area contributed by atoms with Gasteiger partial charge >= 0.3 is 22.1 Å². The van der Waals surface area contributed by atoms with E-state index in [0.29, 0.717) is 22.3 Å². The van der Waals surface area contributed by atoms with Crippen LogP contribution in [0.4, 0.5) is 0 Å². The molecule has 0 aromatic heterocycles. The molecule has 0 atom stereocenters. The average molecular weight is 564 g/mol. The zero-order valence-electron chi connectivity index (χ0n) is 21.5. The number of allylic oxidation sites excluding steroid dienone is 2. The number of aliphatic carboxylic acids is 2. The van der Waals surface area contributed by atoms with Gasteiger partial charge in [0.05, 0.1) is 5.57 Å². The van der Waals surface area contributed by atoms with Gasteiger partial charge in [-0.15, -0.1) is 0 Å². The molecule has 0 aliphatic heterocycles. The molecule has 0 saturated carbocycles. The molecule has 4 aromatic carbocycles. The zero-order valence-corrected chi connectivity index (χ0v) is 22.3. The maximum atomic E-state index is 13.0. The van der Waals surface area contributed by atoms with Gasteiger partial charge in [0, 0.05) is 16.7 Å². The summed E-state index contributed by atoms with van der Waals surface area (Å²) in [5.41, 5.74) is 1.96. The lowest BCUT2D eigenvalue weighted by molar-refractivity contribution is -0.135. The van der Waals surface area contributed by atoms with Crippen molar-refractivity contribution in [2.75, 3.05) is 0 Å². The Bertz CT molecular complexity index is 2030. The number of fused-ring (bicyclic) bond motifs is 4. The van der Waals surface area contributed by atoms with E-state index in [0.717, 1.165) is 16.3 Å². The van der Waals surface area contributed by atoms with Crippen molar-refractivity contribution >= 4 is 55.8 Å². The summed E-state index contributed by atoms with van der Waals surface area (Å²) >= 11 is 0. The highest BCUT2D eigenvalue weighted by molar-refractivity contribution is 7.86. The minimum Gasteiger partial charge on any atom is -0.478 e. The molecule has 0 unspecified atom stereocenters. The molecule has 0 fully saturated rings. The summed E-state index contributed by atoms with van der Waals surface area (Å²) in [7, 11) is -4.45. The second-order valence-corrected chi connectivity index (χ2v) is 11.1. The molecule has 8 nitrogen and oxygen atoms in total. The van der Waals surface area contributed by atoms with Crippen LogP contribution in [0.15, 0.2) is 118 Å². The number of benzene rings is 4. The van der Waals surface area contributed by atoms with Gasteiger partial charge in [-0.1, -0.05) is 89.6 Å². The van der Waals surface area contributed by atoms with Crippen LogP contribution in [0.1, 0.15) is 22.3 Å². The second-order valence-electron chi connectivity index (χ2n) is 9.56. The number of aryl methyl sites for hydroxylation is 1. The van der Waals surface area contributed by atoms with Crippen molar-refractivity contribution in [3.63, 3.8) is 0 Å². The van der Waals surface area contributed by atoms with Crippen LogP contribution < -0.4 is 0 Å². The molecule has 0 radical (unpaired) electrons. The van der Waals surface area contributed by atoms with E-state index in [2.05, 4.69) is 5.16 Å². The first-order valence-electron chi connectivity index (χ1n) is 12.5. The third-order valence-electron chi connectivity index (χ3n) is 7.06. The van der Waals surface area contributed by atoms with Crippen LogP contribution in [0.2, 0.25) is 0 Å². The van der Waals surface area contributed by atoms with E-state index in [-0.39, 0.29) is 16.0 Å². The van der Waals surface area contributed by atoms with Gasteiger partial charge in [-0.2, -0.15) is 8.42 Å². The normalized spacial score (nSPS) is 15.5. The van der Waals surface area contributed by atoms with E-state index < -0.39 is 38.9 Å². The highest BCUT2D eigenvalue weighted by Crippen LogP contribution is 2.50. The van der Waals surface area contributed by atoms with Crippen LogP contribution in [0, 0.1) is 6.92 Å². The molecule has 6 rings (SSSR count). The van der Waals surface area contributed by atoms with Crippen LogP contribution in [-0.4, -0.2) is 36.3 Å². The molecule has 9 heteroatoms. The standard InChI is InChI=1S/C32H21NO7S/c1-18-13-15-21(16-14-18)41(38,39)40-33-30-25-17-20-8-3-5-11-23(20)26(25)27(28(31(34)35)29(30)32(36)37)24-12-6-9-19-7-2-4-10-22(19)24/h2-17H,1H3,(H,34,35)(H,36,37). The van der Waals surface area contributed by atoms with Gasteiger partial charge in [0.15, 0.2) is 0 Å². The number of hydrogen-bond donors (Lipinski definition) is 2. The molecule has 2 aliphatic rings. The predicted octanol–water partition coefficient (Wildman–Crippen LogP) is 5.70. The van der Waals surface area contributed by atoms with Gasteiger partial charge < -0.3 is 10.2 Å². The Balaban J connectivity index is 1.66. The Kier molecular flexibility index (Phi) is 6.16. The zero-order chi connectivity index (χ0) is 28.9. The summed E-state index contributed by atoms with van der Waals surface area (Å²) in [5.74, 6) is -3.10. The number of carbonyl (C=O) groups is 2. The van der Waals surface area contributed by atoms with Crippen molar-refractivity contribution in [2.24, 2.45) is 5.16 Å². The SMILES string of the molecule is Cc1ccc(S(=O)(=O)ON=C2C3=Cc4ccccc4C3=C(c3cccc4ccccc34)C(C(=O)O)=C2C(=O)O)cc1. The van der Waals surface area contributed by atoms with E-state index in [9.17, 15) is 28.2 Å². The third-order valence-corrected chi connectivity index (χ3v) is 8.18. The van der Waals surface area contributed by atoms with Crippen LogP contribution >= 0.6 is 0 Å². The van der Waals surface area contributed by atoms with Crippen LogP contribution in [0.5, 0.6) is 0 Å². The van der Waals surface area contributed by atoms with Crippen molar-refractivity contribution in [1.82, 2.24) is 0 Å². The van der Waals surface area contributed by atoms with Gasteiger partial charge in [-0.3, -0.25) is 4.28 Å². The fraction of sp³-hybridized carbons (Fsp3) is 0.0312. The van der Waals surface area contributed by atoms with E-state index in [4.69, 9.17) is 4.28 Å². The molecular formula is C32H21NO7S. The highest BCUT2D eigenvalue weighted by Gasteiger charge is 2.41. The summed E-state index contributed by atoms with van der Waals surface area (Å²) in [4.78, 5) is 25.5. The monoisotopic (exact) mass is 563 g/mol. The number of hydrogen-bond acceptors (Lipinski definition) is 6. The molecule has 202 valence electrons. The molecule has 2 N–H and O–H groups in total. The van der Waals surface area contributed by atoms with Crippen LogP contribution in [0.25, 0.3) is 28.0 Å². The third kappa shape index (κ3) is 4.32. The first kappa shape index (κ1) is 26.0. The number of oxime groups is 1. The van der Waals surface area contributed by atoms with Crippen molar-refractivity contribution in [3.8, 4) is 0 Å². The van der Waals surface area contributed by atoms with Crippen molar-refractivity contribution in [1.29, 1.82) is 0 Å². The largest absolute Gasteiger partial charge is 0.478 e. The van der Waals surface area contributed by atoms with E-state index in [1.54, 1.807) is 61.5 Å². The molecular weight excluding hydrogens is 542 g/mol. The lowest BCUT2D eigenvalue weighted by Gasteiger charge is -2.25. The lowest BCUT2D eigenvalue weighted by atomic mass is 9.77. The molecule has 0 heterocycles. The first-order valence-corrected chi connectivity index (χ1v) is 13.9. The summed E-state index contributed by atoms with van der Waals surface area (Å²) in [5, 5.41) is 26.2. The highest BCUT2D eigenvalue weighted by atomic mass is 32.2. The molecule has 4 aromatic rings. The fourth-order valence-electron chi connectivity index (χ4n) is 5.25. The Labute approximate surface area is 235 Å². The summed E-state index contributed by atoms with van der Waals surface area (Å²) in [6, 6.07) is 25.8. The summed E-state index contributed by atoms with van der Waals surface area (Å²) in [6.07, 6.45) is 1.66. The molecule has 41 heavy (non-hydrogen) atoms. The number of rotatable bonds is 6. The molecule has 2 aliphatic carbocycles. The number of nitrogens with zero attached hydrogens (tertiary/aromatic N) is 1. The van der Waals surface area contributed by atoms with E-state index in [1.807, 2.05) is 30.3 Å². The van der Waals surface area contributed by atoms with Crippen molar-refractivity contribution in [3.05, 3.63) is 130 Å². The van der Waals surface area contributed by atoms with Gasteiger partial charge in [-0.25, -0.2) is 9.59 Å². The quantitative estimate of drug-likeness (QED) is 0.288. The number of carboxylic acid groups (broad SMARTS) is 2. The van der Waals surface area contributed by atoms with Gasteiger partial charge in [-0.05, 0) is 52.6 Å². The van der Waals surface area contributed by atoms with Crippen molar-refractivity contribution in [2.45, 2.75) is 11.8 Å². The molecule has 0 spiro atoms.